The van der Waals surface area contributed by atoms with Crippen LogP contribution in [0, 0.1) is 0 Å². The molecule has 1 atom stereocenters. The van der Waals surface area contributed by atoms with Crippen LogP contribution < -0.4 is 10.5 Å². The van der Waals surface area contributed by atoms with Crippen molar-refractivity contribution in [3.8, 4) is 5.75 Å². The highest BCUT2D eigenvalue weighted by molar-refractivity contribution is 6.30. The van der Waals surface area contributed by atoms with Gasteiger partial charge in [0.05, 0.1) is 18.8 Å². The maximum Gasteiger partial charge on any atom is 0.123 e. The molecule has 0 saturated carbocycles. The Bertz CT molecular complexity index is 405. The molecule has 0 aromatic heterocycles. The van der Waals surface area contributed by atoms with Crippen molar-refractivity contribution in [3.05, 3.63) is 28.8 Å². The van der Waals surface area contributed by atoms with Crippen LogP contribution in [-0.2, 0) is 4.74 Å². The molecule has 1 aromatic rings. The minimum absolute atomic E-state index is 0.268. The van der Waals surface area contributed by atoms with Gasteiger partial charge < -0.3 is 15.2 Å². The minimum atomic E-state index is -0.382. The molecule has 1 unspecified atom stereocenters. The fourth-order valence-corrected chi connectivity index (χ4v) is 2.68. The van der Waals surface area contributed by atoms with Gasteiger partial charge in [-0.3, -0.25) is 0 Å². The zero-order valence-electron chi connectivity index (χ0n) is 12.2. The topological polar surface area (TPSA) is 44.5 Å². The van der Waals surface area contributed by atoms with Crippen LogP contribution in [0.25, 0.3) is 0 Å². The summed E-state index contributed by atoms with van der Waals surface area (Å²) in [4.78, 5) is 0. The Kier molecular flexibility index (Phi) is 6.11. The minimum Gasteiger partial charge on any atom is -0.496 e. The molecule has 0 amide bonds. The van der Waals surface area contributed by atoms with Crippen LogP contribution in [0.2, 0.25) is 5.02 Å². The number of rotatable bonds is 7. The lowest BCUT2D eigenvalue weighted by atomic mass is 9.84. The monoisotopic (exact) mass is 285 g/mol. The molecule has 0 aliphatic rings. The van der Waals surface area contributed by atoms with E-state index in [-0.39, 0.29) is 11.6 Å². The van der Waals surface area contributed by atoms with E-state index in [1.165, 1.54) is 0 Å². The van der Waals surface area contributed by atoms with E-state index in [1.54, 1.807) is 13.2 Å². The Morgan fingerprint density at radius 1 is 1.26 bits per heavy atom. The summed E-state index contributed by atoms with van der Waals surface area (Å²) < 4.78 is 11.3. The van der Waals surface area contributed by atoms with Gasteiger partial charge >= 0.3 is 0 Å². The van der Waals surface area contributed by atoms with Crippen LogP contribution in [0.3, 0.4) is 0 Å². The summed E-state index contributed by atoms with van der Waals surface area (Å²) in [6, 6.07) is 5.25. The number of methoxy groups -OCH3 is 1. The first-order valence-corrected chi connectivity index (χ1v) is 7.15. The third-order valence-electron chi connectivity index (χ3n) is 3.72. The predicted molar refractivity (Wildman–Crippen MR) is 79.9 cm³/mol. The fourth-order valence-electron chi connectivity index (χ4n) is 2.50. The maximum atomic E-state index is 6.46. The van der Waals surface area contributed by atoms with Crippen LogP contribution in [0.4, 0.5) is 0 Å². The molecule has 0 heterocycles. The van der Waals surface area contributed by atoms with Crippen LogP contribution in [0.1, 0.15) is 45.2 Å². The number of benzene rings is 1. The molecule has 0 radical (unpaired) electrons. The smallest absolute Gasteiger partial charge is 0.123 e. The van der Waals surface area contributed by atoms with Gasteiger partial charge in [-0.2, -0.15) is 0 Å². The molecule has 4 heteroatoms. The summed E-state index contributed by atoms with van der Waals surface area (Å²) in [6.45, 7) is 6.81. The Labute approximate surface area is 121 Å². The molecule has 19 heavy (non-hydrogen) atoms. The Morgan fingerprint density at radius 2 is 1.89 bits per heavy atom. The first-order valence-electron chi connectivity index (χ1n) is 6.77. The molecule has 0 spiro atoms. The number of halogens is 1. The summed E-state index contributed by atoms with van der Waals surface area (Å²) in [7, 11) is 1.64. The number of ether oxygens (including phenoxy) is 2. The van der Waals surface area contributed by atoms with E-state index in [1.807, 2.05) is 19.1 Å². The number of hydrogen-bond acceptors (Lipinski definition) is 3. The molecular weight excluding hydrogens is 262 g/mol. The van der Waals surface area contributed by atoms with Crippen molar-refractivity contribution in [1.29, 1.82) is 0 Å². The van der Waals surface area contributed by atoms with Crippen molar-refractivity contribution in [2.75, 3.05) is 13.7 Å². The molecule has 2 N–H and O–H groups in total. The van der Waals surface area contributed by atoms with E-state index in [0.29, 0.717) is 11.6 Å². The van der Waals surface area contributed by atoms with E-state index >= 15 is 0 Å². The van der Waals surface area contributed by atoms with Gasteiger partial charge in [-0.15, -0.1) is 0 Å². The maximum absolute atomic E-state index is 6.46. The molecule has 108 valence electrons. The highest BCUT2D eigenvalue weighted by atomic mass is 35.5. The highest BCUT2D eigenvalue weighted by Gasteiger charge is 2.36. The Hall–Kier alpha value is -0.770. The molecule has 0 bridgehead atoms. The molecule has 3 nitrogen and oxygen atoms in total. The van der Waals surface area contributed by atoms with E-state index in [9.17, 15) is 0 Å². The van der Waals surface area contributed by atoms with Crippen molar-refractivity contribution in [3.63, 3.8) is 0 Å². The molecule has 0 fully saturated rings. The van der Waals surface area contributed by atoms with Crippen molar-refractivity contribution in [1.82, 2.24) is 0 Å². The Balaban J connectivity index is 3.22. The van der Waals surface area contributed by atoms with E-state index in [2.05, 4.69) is 13.8 Å². The fraction of sp³-hybridized carbons (Fsp3) is 0.600. The summed E-state index contributed by atoms with van der Waals surface area (Å²) >= 11 is 6.08. The standard InChI is InChI=1S/C15H24ClNO2/c1-5-15(6-2,19-7-3)14(17)12-10-11(16)8-9-13(12)18-4/h8-10,14H,5-7,17H2,1-4H3. The molecule has 0 saturated heterocycles. The molecular formula is C15H24ClNO2. The van der Waals surface area contributed by atoms with E-state index < -0.39 is 0 Å². The number of hydrogen-bond donors (Lipinski definition) is 1. The van der Waals surface area contributed by atoms with Gasteiger partial charge in [-0.05, 0) is 38.0 Å². The van der Waals surface area contributed by atoms with Crippen LogP contribution in [-0.4, -0.2) is 19.3 Å². The first kappa shape index (κ1) is 16.3. The second kappa shape index (κ2) is 7.13. The van der Waals surface area contributed by atoms with Crippen LogP contribution >= 0.6 is 11.6 Å². The zero-order valence-corrected chi connectivity index (χ0v) is 13.0. The van der Waals surface area contributed by atoms with Gasteiger partial charge in [0, 0.05) is 17.2 Å². The van der Waals surface area contributed by atoms with Gasteiger partial charge in [0.2, 0.25) is 0 Å². The quantitative estimate of drug-likeness (QED) is 0.825. The lowest BCUT2D eigenvalue weighted by Crippen LogP contribution is -2.43. The van der Waals surface area contributed by atoms with E-state index in [0.717, 1.165) is 24.2 Å². The third-order valence-corrected chi connectivity index (χ3v) is 3.96. The lowest BCUT2D eigenvalue weighted by Gasteiger charge is -2.38. The van der Waals surface area contributed by atoms with Crippen molar-refractivity contribution in [2.45, 2.75) is 45.3 Å². The van der Waals surface area contributed by atoms with Gasteiger partial charge in [-0.1, -0.05) is 25.4 Å². The van der Waals surface area contributed by atoms with Gasteiger partial charge in [0.25, 0.3) is 0 Å². The van der Waals surface area contributed by atoms with Gasteiger partial charge in [0.1, 0.15) is 5.75 Å². The first-order chi connectivity index (χ1) is 9.04. The van der Waals surface area contributed by atoms with E-state index in [4.69, 9.17) is 26.8 Å². The predicted octanol–water partition coefficient (Wildman–Crippen LogP) is 3.94. The summed E-state index contributed by atoms with van der Waals surface area (Å²) in [5.74, 6) is 0.753. The second-order valence-corrected chi connectivity index (χ2v) is 5.01. The number of nitrogens with two attached hydrogens (primary N) is 1. The van der Waals surface area contributed by atoms with Crippen molar-refractivity contribution < 1.29 is 9.47 Å². The lowest BCUT2D eigenvalue weighted by molar-refractivity contribution is -0.0649. The molecule has 0 aliphatic heterocycles. The third kappa shape index (κ3) is 3.41. The van der Waals surface area contributed by atoms with Crippen LogP contribution in [0.15, 0.2) is 18.2 Å². The molecule has 0 aliphatic carbocycles. The average molecular weight is 286 g/mol. The average Bonchev–Trinajstić information content (AvgIpc) is 2.44. The summed E-state index contributed by atoms with van der Waals surface area (Å²) in [6.07, 6.45) is 1.68. The van der Waals surface area contributed by atoms with Crippen molar-refractivity contribution in [2.24, 2.45) is 5.73 Å². The highest BCUT2D eigenvalue weighted by Crippen LogP contribution is 2.38. The van der Waals surface area contributed by atoms with Crippen molar-refractivity contribution >= 4 is 11.6 Å². The largest absolute Gasteiger partial charge is 0.496 e. The Morgan fingerprint density at radius 3 is 2.37 bits per heavy atom. The zero-order chi connectivity index (χ0) is 14.5. The molecule has 1 rings (SSSR count). The molecule has 1 aromatic carbocycles. The normalized spacial score (nSPS) is 13.4. The SMILES string of the molecule is CCOC(CC)(CC)C(N)c1cc(Cl)ccc1OC. The van der Waals surface area contributed by atoms with Gasteiger partial charge in [0.15, 0.2) is 0 Å². The van der Waals surface area contributed by atoms with Crippen LogP contribution in [0.5, 0.6) is 5.75 Å². The van der Waals surface area contributed by atoms with Gasteiger partial charge in [-0.25, -0.2) is 0 Å². The summed E-state index contributed by atoms with van der Waals surface area (Å²) in [5.41, 5.74) is 6.98. The second-order valence-electron chi connectivity index (χ2n) is 4.57. The summed E-state index contributed by atoms with van der Waals surface area (Å²) in [5, 5.41) is 0.656.